The van der Waals surface area contributed by atoms with E-state index in [2.05, 4.69) is 15.9 Å². The molecule has 166 valence electrons. The monoisotopic (exact) mass is 507 g/mol. The zero-order valence-corrected chi connectivity index (χ0v) is 19.0. The molecule has 1 atom stereocenters. The summed E-state index contributed by atoms with van der Waals surface area (Å²) in [5.41, 5.74) is 1.24. The molecule has 0 radical (unpaired) electrons. The zero-order chi connectivity index (χ0) is 23.1. The molecule has 0 aliphatic carbocycles. The largest absolute Gasteiger partial charge is 0.503 e. The number of hydrogen-bond acceptors (Lipinski definition) is 6. The van der Waals surface area contributed by atoms with Crippen molar-refractivity contribution in [3.63, 3.8) is 0 Å². The van der Waals surface area contributed by atoms with Gasteiger partial charge in [-0.3, -0.25) is 9.59 Å². The third-order valence-electron chi connectivity index (χ3n) is 5.58. The first-order valence-electron chi connectivity index (χ1n) is 10.1. The third kappa shape index (κ3) is 3.72. The van der Waals surface area contributed by atoms with Gasteiger partial charge in [0.1, 0.15) is 23.1 Å². The van der Waals surface area contributed by atoms with Crippen LogP contribution in [0.4, 0.5) is 0 Å². The predicted molar refractivity (Wildman–Crippen MR) is 123 cm³/mol. The summed E-state index contributed by atoms with van der Waals surface area (Å²) < 4.78 is 17.3. The molecule has 0 bridgehead atoms. The van der Waals surface area contributed by atoms with Gasteiger partial charge in [-0.15, -0.1) is 0 Å². The predicted octanol–water partition coefficient (Wildman–Crippen LogP) is 5.58. The van der Waals surface area contributed by atoms with Crippen molar-refractivity contribution < 1.29 is 28.3 Å². The molecule has 0 spiro atoms. The first-order valence-corrected chi connectivity index (χ1v) is 10.9. The van der Waals surface area contributed by atoms with E-state index in [0.29, 0.717) is 17.1 Å². The van der Waals surface area contributed by atoms with Gasteiger partial charge in [0, 0.05) is 16.4 Å². The molecule has 2 aromatic carbocycles. The molecule has 1 amide bonds. The molecule has 5 rings (SSSR count). The van der Waals surface area contributed by atoms with Crippen molar-refractivity contribution in [3.8, 4) is 5.75 Å². The number of carbonyl (C=O) groups is 2. The molecule has 4 aromatic rings. The number of carbonyl (C=O) groups excluding carboxylic acids is 2. The Kier molecular flexibility index (Phi) is 5.30. The summed E-state index contributed by atoms with van der Waals surface area (Å²) in [6.07, 6.45) is 1.46. The first kappa shape index (κ1) is 21.1. The molecule has 3 heterocycles. The maximum absolute atomic E-state index is 13.5. The van der Waals surface area contributed by atoms with E-state index in [1.807, 2.05) is 18.2 Å². The molecule has 2 aromatic heterocycles. The number of benzene rings is 2. The zero-order valence-electron chi connectivity index (χ0n) is 17.4. The number of hydrogen-bond donors (Lipinski definition) is 1. The SMILES string of the molecule is COc1ccc(CN2C(=O)C(O)=C(C(=O)c3cc4cc(Br)ccc4o3)C2c2ccco2)cc1. The molecule has 0 saturated carbocycles. The lowest BCUT2D eigenvalue weighted by Gasteiger charge is -2.24. The second-order valence-corrected chi connectivity index (χ2v) is 8.50. The van der Waals surface area contributed by atoms with Crippen LogP contribution in [0, 0.1) is 0 Å². The van der Waals surface area contributed by atoms with Crippen LogP contribution in [0.2, 0.25) is 0 Å². The standard InChI is InChI=1S/C25H18BrNO6/c1-31-17-7-4-14(5-8-17)13-27-22(19-3-2-10-32-19)21(24(29)25(27)30)23(28)20-12-15-11-16(26)6-9-18(15)33-20/h2-12,22,29H,13H2,1H3. The van der Waals surface area contributed by atoms with Crippen LogP contribution in [-0.2, 0) is 11.3 Å². The van der Waals surface area contributed by atoms with Gasteiger partial charge in [-0.2, -0.15) is 0 Å². The highest BCUT2D eigenvalue weighted by atomic mass is 79.9. The van der Waals surface area contributed by atoms with E-state index in [1.165, 1.54) is 11.2 Å². The summed E-state index contributed by atoms with van der Waals surface area (Å²) in [7, 11) is 1.57. The Morgan fingerprint density at radius 3 is 2.64 bits per heavy atom. The van der Waals surface area contributed by atoms with Gasteiger partial charge in [0.15, 0.2) is 11.5 Å². The fourth-order valence-corrected chi connectivity index (χ4v) is 4.36. The van der Waals surface area contributed by atoms with Crippen molar-refractivity contribution in [1.29, 1.82) is 0 Å². The van der Waals surface area contributed by atoms with Crippen LogP contribution >= 0.6 is 15.9 Å². The average molecular weight is 508 g/mol. The number of aliphatic hydroxyl groups excluding tert-OH is 1. The molecule has 7 nitrogen and oxygen atoms in total. The Bertz CT molecular complexity index is 1380. The molecular weight excluding hydrogens is 490 g/mol. The Morgan fingerprint density at radius 1 is 1.15 bits per heavy atom. The van der Waals surface area contributed by atoms with Crippen LogP contribution in [0.25, 0.3) is 11.0 Å². The van der Waals surface area contributed by atoms with Gasteiger partial charge in [0.25, 0.3) is 5.91 Å². The van der Waals surface area contributed by atoms with E-state index in [1.54, 1.807) is 49.6 Å². The maximum atomic E-state index is 13.5. The first-order chi connectivity index (χ1) is 16.0. The number of ether oxygens (including phenoxy) is 1. The van der Waals surface area contributed by atoms with Crippen molar-refractivity contribution in [2.75, 3.05) is 7.11 Å². The molecule has 0 saturated heterocycles. The van der Waals surface area contributed by atoms with Gasteiger partial charge in [-0.1, -0.05) is 28.1 Å². The van der Waals surface area contributed by atoms with Gasteiger partial charge in [0.05, 0.1) is 18.9 Å². The number of ketones is 1. The number of fused-ring (bicyclic) bond motifs is 1. The smallest absolute Gasteiger partial charge is 0.290 e. The van der Waals surface area contributed by atoms with Crippen LogP contribution in [0.1, 0.15) is 27.9 Å². The third-order valence-corrected chi connectivity index (χ3v) is 6.07. The van der Waals surface area contributed by atoms with E-state index in [-0.39, 0.29) is 17.9 Å². The van der Waals surface area contributed by atoms with E-state index < -0.39 is 23.5 Å². The molecular formula is C25H18BrNO6. The van der Waals surface area contributed by atoms with E-state index in [0.717, 1.165) is 15.4 Å². The summed E-state index contributed by atoms with van der Waals surface area (Å²) in [4.78, 5) is 28.0. The minimum Gasteiger partial charge on any atom is -0.503 e. The van der Waals surface area contributed by atoms with E-state index in [4.69, 9.17) is 13.6 Å². The highest BCUT2D eigenvalue weighted by Crippen LogP contribution is 2.40. The van der Waals surface area contributed by atoms with Gasteiger partial charge in [0.2, 0.25) is 5.78 Å². The molecule has 1 aliphatic heterocycles. The van der Waals surface area contributed by atoms with Gasteiger partial charge in [-0.25, -0.2) is 0 Å². The Labute approximate surface area is 197 Å². The summed E-state index contributed by atoms with van der Waals surface area (Å²) >= 11 is 3.40. The number of aliphatic hydroxyl groups is 1. The molecule has 1 aliphatic rings. The van der Waals surface area contributed by atoms with Crippen LogP contribution in [0.5, 0.6) is 5.75 Å². The second-order valence-electron chi connectivity index (χ2n) is 7.58. The van der Waals surface area contributed by atoms with Crippen LogP contribution in [0.15, 0.2) is 91.6 Å². The minimum atomic E-state index is -0.901. The average Bonchev–Trinajstić information content (AvgIpc) is 3.54. The Morgan fingerprint density at radius 2 is 1.94 bits per heavy atom. The van der Waals surface area contributed by atoms with Gasteiger partial charge in [-0.05, 0) is 54.1 Å². The number of methoxy groups -OCH3 is 1. The summed E-state index contributed by atoms with van der Waals surface area (Å²) in [5, 5.41) is 11.5. The second kappa shape index (κ2) is 8.29. The summed E-state index contributed by atoms with van der Waals surface area (Å²) in [5.74, 6) is -0.774. The Balaban J connectivity index is 1.54. The maximum Gasteiger partial charge on any atom is 0.290 e. The topological polar surface area (TPSA) is 93.1 Å². The molecule has 0 fully saturated rings. The lowest BCUT2D eigenvalue weighted by Crippen LogP contribution is -2.30. The minimum absolute atomic E-state index is 0.0281. The fraction of sp³-hybridized carbons (Fsp3) is 0.120. The van der Waals surface area contributed by atoms with Gasteiger partial charge < -0.3 is 23.6 Å². The molecule has 1 unspecified atom stereocenters. The normalized spacial score (nSPS) is 16.1. The van der Waals surface area contributed by atoms with Crippen molar-refractivity contribution >= 4 is 38.6 Å². The van der Waals surface area contributed by atoms with Gasteiger partial charge >= 0.3 is 0 Å². The lowest BCUT2D eigenvalue weighted by molar-refractivity contribution is -0.130. The van der Waals surface area contributed by atoms with E-state index in [9.17, 15) is 14.7 Å². The highest BCUT2D eigenvalue weighted by molar-refractivity contribution is 9.10. The molecule has 1 N–H and O–H groups in total. The fourth-order valence-electron chi connectivity index (χ4n) is 3.98. The van der Waals surface area contributed by atoms with Crippen molar-refractivity contribution in [2.24, 2.45) is 0 Å². The molecule has 33 heavy (non-hydrogen) atoms. The number of halogens is 1. The quantitative estimate of drug-likeness (QED) is 0.342. The van der Waals surface area contributed by atoms with Crippen molar-refractivity contribution in [1.82, 2.24) is 4.90 Å². The molecule has 8 heteroatoms. The number of nitrogens with zero attached hydrogens (tertiary/aromatic N) is 1. The summed E-state index contributed by atoms with van der Waals surface area (Å²) in [6, 6.07) is 16.6. The highest BCUT2D eigenvalue weighted by Gasteiger charge is 2.45. The van der Waals surface area contributed by atoms with Crippen molar-refractivity contribution in [2.45, 2.75) is 12.6 Å². The van der Waals surface area contributed by atoms with Crippen LogP contribution < -0.4 is 4.74 Å². The van der Waals surface area contributed by atoms with E-state index >= 15 is 0 Å². The number of rotatable bonds is 6. The van der Waals surface area contributed by atoms with Crippen LogP contribution in [-0.4, -0.2) is 28.8 Å². The van der Waals surface area contributed by atoms with Crippen LogP contribution in [0.3, 0.4) is 0 Å². The number of amides is 1. The summed E-state index contributed by atoms with van der Waals surface area (Å²) in [6.45, 7) is 0.155. The number of Topliss-reactive ketones (excluding diaryl/α,β-unsaturated/α-hetero) is 1. The number of furan rings is 2. The lowest BCUT2D eigenvalue weighted by atomic mass is 9.99. The Hall–Kier alpha value is -3.78. The van der Waals surface area contributed by atoms with Crippen molar-refractivity contribution in [3.05, 3.63) is 99.8 Å².